The quantitative estimate of drug-likeness (QED) is 0.398. The lowest BCUT2D eigenvalue weighted by Crippen LogP contribution is -2.14. The lowest BCUT2D eigenvalue weighted by molar-refractivity contribution is -0.137. The number of rotatable bonds is 6. The lowest BCUT2D eigenvalue weighted by Gasteiger charge is -2.12. The van der Waals surface area contributed by atoms with Crippen LogP contribution >= 0.6 is 11.6 Å². The number of nitrogens with zero attached hydrogens (tertiary/aromatic N) is 1. The van der Waals surface area contributed by atoms with Gasteiger partial charge in [0.15, 0.2) is 11.5 Å². The third kappa shape index (κ3) is 5.69. The highest BCUT2D eigenvalue weighted by molar-refractivity contribution is 6.32. The van der Waals surface area contributed by atoms with E-state index < -0.39 is 17.6 Å². The Morgan fingerprint density at radius 2 is 2.07 bits per heavy atom. The molecule has 1 amide bonds. The van der Waals surface area contributed by atoms with Crippen LogP contribution in [-0.4, -0.2) is 19.6 Å². The SMILES string of the molecule is C#CCOc1c(Cl)cc(/C=C(\C#N)C(=O)Nc2cccc(C(F)(F)F)c2)cc1OC. The van der Waals surface area contributed by atoms with Crippen molar-refractivity contribution >= 4 is 29.3 Å². The Bertz CT molecular complexity index is 1070. The van der Waals surface area contributed by atoms with E-state index in [2.05, 4.69) is 11.2 Å². The van der Waals surface area contributed by atoms with Crippen molar-refractivity contribution in [3.8, 4) is 29.9 Å². The van der Waals surface area contributed by atoms with Crippen molar-refractivity contribution in [1.29, 1.82) is 5.26 Å². The second kappa shape index (κ2) is 9.73. The first-order chi connectivity index (χ1) is 14.2. The van der Waals surface area contributed by atoms with Gasteiger partial charge >= 0.3 is 6.18 Å². The molecular formula is C21H14ClF3N2O3. The van der Waals surface area contributed by atoms with Crippen LogP contribution in [0.5, 0.6) is 11.5 Å². The molecule has 0 heterocycles. The van der Waals surface area contributed by atoms with Gasteiger partial charge in [-0.25, -0.2) is 0 Å². The number of anilines is 1. The van der Waals surface area contributed by atoms with Crippen molar-refractivity contribution in [1.82, 2.24) is 0 Å². The predicted molar refractivity (Wildman–Crippen MR) is 106 cm³/mol. The van der Waals surface area contributed by atoms with Crippen LogP contribution in [0.25, 0.3) is 6.08 Å². The molecule has 0 aliphatic carbocycles. The van der Waals surface area contributed by atoms with Crippen LogP contribution in [0, 0.1) is 23.7 Å². The maximum atomic E-state index is 12.8. The minimum atomic E-state index is -4.56. The van der Waals surface area contributed by atoms with Crippen molar-refractivity contribution in [2.45, 2.75) is 6.18 Å². The summed E-state index contributed by atoms with van der Waals surface area (Å²) in [5, 5.41) is 11.7. The molecule has 9 heteroatoms. The molecule has 2 rings (SSSR count). The molecule has 0 atom stereocenters. The van der Waals surface area contributed by atoms with Gasteiger partial charge in [0.2, 0.25) is 0 Å². The van der Waals surface area contributed by atoms with Crippen LogP contribution in [0.4, 0.5) is 18.9 Å². The fourth-order valence-electron chi connectivity index (χ4n) is 2.36. The smallest absolute Gasteiger partial charge is 0.416 e. The first-order valence-electron chi connectivity index (χ1n) is 8.23. The highest BCUT2D eigenvalue weighted by Crippen LogP contribution is 2.37. The summed E-state index contributed by atoms with van der Waals surface area (Å²) >= 11 is 6.15. The Balaban J connectivity index is 2.31. The Labute approximate surface area is 175 Å². The summed E-state index contributed by atoms with van der Waals surface area (Å²) in [6.45, 7) is -0.0475. The Kier molecular flexibility index (Phi) is 7.35. The van der Waals surface area contributed by atoms with E-state index in [0.29, 0.717) is 5.56 Å². The number of benzene rings is 2. The Morgan fingerprint density at radius 1 is 1.33 bits per heavy atom. The molecule has 0 aromatic heterocycles. The summed E-state index contributed by atoms with van der Waals surface area (Å²) in [6, 6.07) is 8.65. The summed E-state index contributed by atoms with van der Waals surface area (Å²) in [7, 11) is 1.37. The molecule has 30 heavy (non-hydrogen) atoms. The van der Waals surface area contributed by atoms with Gasteiger partial charge in [0.25, 0.3) is 5.91 Å². The number of methoxy groups -OCH3 is 1. The minimum Gasteiger partial charge on any atom is -0.493 e. The van der Waals surface area contributed by atoms with E-state index in [1.165, 1.54) is 31.4 Å². The molecule has 0 aliphatic heterocycles. The van der Waals surface area contributed by atoms with Gasteiger partial charge in [0.1, 0.15) is 18.2 Å². The molecule has 0 radical (unpaired) electrons. The van der Waals surface area contributed by atoms with E-state index >= 15 is 0 Å². The zero-order valence-corrected chi connectivity index (χ0v) is 16.3. The molecule has 0 unspecified atom stereocenters. The van der Waals surface area contributed by atoms with Crippen LogP contribution < -0.4 is 14.8 Å². The van der Waals surface area contributed by atoms with Crippen molar-refractivity contribution in [2.24, 2.45) is 0 Å². The zero-order valence-electron chi connectivity index (χ0n) is 15.5. The topological polar surface area (TPSA) is 71.3 Å². The van der Waals surface area contributed by atoms with E-state index in [1.54, 1.807) is 6.07 Å². The minimum absolute atomic E-state index is 0.0475. The molecule has 2 aromatic rings. The Morgan fingerprint density at radius 3 is 2.67 bits per heavy atom. The van der Waals surface area contributed by atoms with Gasteiger partial charge in [0, 0.05) is 5.69 Å². The van der Waals surface area contributed by atoms with Gasteiger partial charge in [-0.05, 0) is 42.0 Å². The first-order valence-corrected chi connectivity index (χ1v) is 8.61. The monoisotopic (exact) mass is 434 g/mol. The second-order valence-electron chi connectivity index (χ2n) is 5.73. The number of nitriles is 1. The average molecular weight is 435 g/mol. The molecular weight excluding hydrogens is 421 g/mol. The summed E-state index contributed by atoms with van der Waals surface area (Å²) in [6.07, 6.45) is 1.80. The van der Waals surface area contributed by atoms with Crippen molar-refractivity contribution in [3.05, 3.63) is 58.1 Å². The van der Waals surface area contributed by atoms with Crippen molar-refractivity contribution in [3.63, 3.8) is 0 Å². The molecule has 0 bridgehead atoms. The maximum absolute atomic E-state index is 12.8. The third-order valence-electron chi connectivity index (χ3n) is 3.68. The van der Waals surface area contributed by atoms with E-state index in [0.717, 1.165) is 18.2 Å². The fourth-order valence-corrected chi connectivity index (χ4v) is 2.64. The summed E-state index contributed by atoms with van der Waals surface area (Å²) in [5.74, 6) is 1.82. The van der Waals surface area contributed by atoms with Crippen molar-refractivity contribution < 1.29 is 27.4 Å². The number of hydrogen-bond donors (Lipinski definition) is 1. The van der Waals surface area contributed by atoms with Gasteiger partial charge in [-0.2, -0.15) is 18.4 Å². The molecule has 0 aliphatic rings. The van der Waals surface area contributed by atoms with Crippen LogP contribution in [0.15, 0.2) is 42.0 Å². The molecule has 0 saturated heterocycles. The van der Waals surface area contributed by atoms with E-state index in [4.69, 9.17) is 27.5 Å². The number of hydrogen-bond acceptors (Lipinski definition) is 4. The van der Waals surface area contributed by atoms with Crippen LogP contribution in [0.1, 0.15) is 11.1 Å². The Hall–Kier alpha value is -3.62. The summed E-state index contributed by atoms with van der Waals surface area (Å²) in [5.41, 5.74) is -1.06. The van der Waals surface area contributed by atoms with Gasteiger partial charge in [-0.1, -0.05) is 23.6 Å². The number of carbonyl (C=O) groups excluding carboxylic acids is 1. The molecule has 1 N–H and O–H groups in total. The number of carbonyl (C=O) groups is 1. The average Bonchev–Trinajstić information content (AvgIpc) is 2.70. The highest BCUT2D eigenvalue weighted by Gasteiger charge is 2.30. The number of amides is 1. The van der Waals surface area contributed by atoms with Gasteiger partial charge in [0.05, 0.1) is 17.7 Å². The van der Waals surface area contributed by atoms with Crippen LogP contribution in [0.3, 0.4) is 0 Å². The standard InChI is InChI=1S/C21H14ClF3N2O3/c1-3-7-30-19-17(22)9-13(10-18(19)29-2)8-14(12-26)20(28)27-16-6-4-5-15(11-16)21(23,24)25/h1,4-6,8-11H,7H2,2H3,(H,27,28)/b14-8+. The molecule has 0 fully saturated rings. The number of terminal acetylenes is 1. The highest BCUT2D eigenvalue weighted by atomic mass is 35.5. The van der Waals surface area contributed by atoms with Gasteiger partial charge < -0.3 is 14.8 Å². The molecule has 0 spiro atoms. The number of ether oxygens (including phenoxy) is 2. The van der Waals surface area contributed by atoms with E-state index in [1.807, 2.05) is 0 Å². The zero-order chi connectivity index (χ0) is 22.3. The van der Waals surface area contributed by atoms with Crippen LogP contribution in [-0.2, 0) is 11.0 Å². The van der Waals surface area contributed by atoms with E-state index in [9.17, 15) is 23.2 Å². The van der Waals surface area contributed by atoms with Crippen LogP contribution in [0.2, 0.25) is 5.02 Å². The number of halogens is 4. The molecule has 0 saturated carbocycles. The third-order valence-corrected chi connectivity index (χ3v) is 3.96. The normalized spacial score (nSPS) is 11.2. The summed E-state index contributed by atoms with van der Waals surface area (Å²) in [4.78, 5) is 12.4. The lowest BCUT2D eigenvalue weighted by atomic mass is 10.1. The molecule has 2 aromatic carbocycles. The second-order valence-corrected chi connectivity index (χ2v) is 6.14. The largest absolute Gasteiger partial charge is 0.493 e. The first kappa shape index (κ1) is 22.7. The maximum Gasteiger partial charge on any atom is 0.416 e. The fraction of sp³-hybridized carbons (Fsp3) is 0.143. The van der Waals surface area contributed by atoms with Gasteiger partial charge in [-0.15, -0.1) is 6.42 Å². The molecule has 154 valence electrons. The molecule has 5 nitrogen and oxygen atoms in total. The van der Waals surface area contributed by atoms with Gasteiger partial charge in [-0.3, -0.25) is 4.79 Å². The number of alkyl halides is 3. The van der Waals surface area contributed by atoms with Crippen molar-refractivity contribution in [2.75, 3.05) is 19.0 Å². The van der Waals surface area contributed by atoms with E-state index in [-0.39, 0.29) is 34.4 Å². The summed E-state index contributed by atoms with van der Waals surface area (Å²) < 4.78 is 48.9. The predicted octanol–water partition coefficient (Wildman–Crippen LogP) is 4.93. The number of nitrogens with one attached hydrogen (secondary N) is 1.